The predicted molar refractivity (Wildman–Crippen MR) is 59.0 cm³/mol. The minimum atomic E-state index is 0.866. The monoisotopic (exact) mass is 186 g/mol. The lowest BCUT2D eigenvalue weighted by atomic mass is 9.98. The van der Waals surface area contributed by atoms with Crippen molar-refractivity contribution < 1.29 is 4.74 Å². The van der Waals surface area contributed by atoms with Crippen LogP contribution in [0.5, 0.6) is 0 Å². The van der Waals surface area contributed by atoms with Gasteiger partial charge in [0.1, 0.15) is 0 Å². The Balaban J connectivity index is 3.03. The van der Waals surface area contributed by atoms with E-state index in [-0.39, 0.29) is 0 Å². The van der Waals surface area contributed by atoms with Gasteiger partial charge < -0.3 is 4.74 Å². The molecule has 0 bridgehead atoms. The van der Waals surface area contributed by atoms with E-state index in [2.05, 4.69) is 20.8 Å². The maximum Gasteiger partial charge on any atom is 0.0465 e. The van der Waals surface area contributed by atoms with Crippen LogP contribution in [0, 0.1) is 5.92 Å². The van der Waals surface area contributed by atoms with Gasteiger partial charge >= 0.3 is 0 Å². The molecule has 0 radical (unpaired) electrons. The van der Waals surface area contributed by atoms with E-state index in [0.29, 0.717) is 0 Å². The standard InChI is InChI=1S/C12H26O/c1-4-6-9-12(3)10-7-8-11-13-5-2/h12H,4-11H2,1-3H3. The number of hydrogen-bond acceptors (Lipinski definition) is 1. The summed E-state index contributed by atoms with van der Waals surface area (Å²) in [6, 6.07) is 0. The van der Waals surface area contributed by atoms with Gasteiger partial charge in [0, 0.05) is 13.2 Å². The second-order valence-electron chi connectivity index (χ2n) is 3.94. The summed E-state index contributed by atoms with van der Waals surface area (Å²) in [5, 5.41) is 0. The number of rotatable bonds is 9. The van der Waals surface area contributed by atoms with Crippen LogP contribution in [0.4, 0.5) is 0 Å². The molecule has 1 heteroatoms. The summed E-state index contributed by atoms with van der Waals surface area (Å²) < 4.78 is 5.30. The molecule has 1 nitrogen and oxygen atoms in total. The van der Waals surface area contributed by atoms with Crippen LogP contribution in [0.25, 0.3) is 0 Å². The first-order chi connectivity index (χ1) is 6.31. The van der Waals surface area contributed by atoms with Crippen molar-refractivity contribution in [2.75, 3.05) is 13.2 Å². The van der Waals surface area contributed by atoms with Crippen LogP contribution in [0.2, 0.25) is 0 Å². The lowest BCUT2D eigenvalue weighted by Gasteiger charge is -2.09. The van der Waals surface area contributed by atoms with Crippen molar-refractivity contribution >= 4 is 0 Å². The average Bonchev–Trinajstić information content (AvgIpc) is 2.14. The Bertz CT molecular complexity index is 91.1. The van der Waals surface area contributed by atoms with E-state index < -0.39 is 0 Å². The Morgan fingerprint density at radius 1 is 1.00 bits per heavy atom. The van der Waals surface area contributed by atoms with Crippen molar-refractivity contribution in [1.82, 2.24) is 0 Å². The van der Waals surface area contributed by atoms with Crippen molar-refractivity contribution in [3.8, 4) is 0 Å². The molecule has 0 aromatic heterocycles. The van der Waals surface area contributed by atoms with Gasteiger partial charge in [-0.15, -0.1) is 0 Å². The summed E-state index contributed by atoms with van der Waals surface area (Å²) in [5.74, 6) is 0.918. The number of hydrogen-bond donors (Lipinski definition) is 0. The van der Waals surface area contributed by atoms with Crippen molar-refractivity contribution in [3.05, 3.63) is 0 Å². The first-order valence-corrected chi connectivity index (χ1v) is 5.89. The molecule has 0 rings (SSSR count). The highest BCUT2D eigenvalue weighted by atomic mass is 16.5. The SMILES string of the molecule is CCCCC(C)CCCCOCC. The largest absolute Gasteiger partial charge is 0.382 e. The van der Waals surface area contributed by atoms with Gasteiger partial charge in [-0.2, -0.15) is 0 Å². The smallest absolute Gasteiger partial charge is 0.0465 e. The molecule has 0 aromatic rings. The second kappa shape index (κ2) is 10.0. The molecule has 0 spiro atoms. The van der Waals surface area contributed by atoms with Gasteiger partial charge in [-0.25, -0.2) is 0 Å². The molecule has 1 unspecified atom stereocenters. The first-order valence-electron chi connectivity index (χ1n) is 5.89. The first kappa shape index (κ1) is 13.0. The summed E-state index contributed by atoms with van der Waals surface area (Å²) in [6.07, 6.45) is 8.10. The van der Waals surface area contributed by atoms with Gasteiger partial charge in [0.15, 0.2) is 0 Å². The molecule has 0 aliphatic heterocycles. The molecule has 0 amide bonds. The zero-order valence-corrected chi connectivity index (χ0v) is 9.64. The maximum atomic E-state index is 5.30. The van der Waals surface area contributed by atoms with Gasteiger partial charge in [0.2, 0.25) is 0 Å². The van der Waals surface area contributed by atoms with E-state index in [9.17, 15) is 0 Å². The predicted octanol–water partition coefficient (Wildman–Crippen LogP) is 4.02. The summed E-state index contributed by atoms with van der Waals surface area (Å²) in [7, 11) is 0. The van der Waals surface area contributed by atoms with E-state index in [1.807, 2.05) is 0 Å². The third kappa shape index (κ3) is 9.88. The van der Waals surface area contributed by atoms with Crippen molar-refractivity contribution in [2.45, 2.75) is 59.3 Å². The Morgan fingerprint density at radius 3 is 2.31 bits per heavy atom. The number of unbranched alkanes of at least 4 members (excludes halogenated alkanes) is 2. The van der Waals surface area contributed by atoms with Crippen LogP contribution >= 0.6 is 0 Å². The highest BCUT2D eigenvalue weighted by Gasteiger charge is 2.00. The molecule has 1 atom stereocenters. The van der Waals surface area contributed by atoms with E-state index in [1.165, 1.54) is 38.5 Å². The summed E-state index contributed by atoms with van der Waals surface area (Å²) in [4.78, 5) is 0. The molecule has 0 N–H and O–H groups in total. The summed E-state index contributed by atoms with van der Waals surface area (Å²) >= 11 is 0. The molecule has 0 aliphatic carbocycles. The quantitative estimate of drug-likeness (QED) is 0.494. The maximum absolute atomic E-state index is 5.30. The van der Waals surface area contributed by atoms with E-state index >= 15 is 0 Å². The molecule has 0 saturated carbocycles. The topological polar surface area (TPSA) is 9.23 Å². The summed E-state index contributed by atoms with van der Waals surface area (Å²) in [6.45, 7) is 8.52. The second-order valence-corrected chi connectivity index (χ2v) is 3.94. The van der Waals surface area contributed by atoms with Gasteiger partial charge in [-0.1, -0.05) is 46.0 Å². The van der Waals surface area contributed by atoms with E-state index in [0.717, 1.165) is 19.1 Å². The van der Waals surface area contributed by atoms with Gasteiger partial charge in [0.05, 0.1) is 0 Å². The third-order valence-corrected chi connectivity index (χ3v) is 2.49. The fraction of sp³-hybridized carbons (Fsp3) is 1.00. The molecule has 0 aromatic carbocycles. The third-order valence-electron chi connectivity index (χ3n) is 2.49. The molecule has 0 heterocycles. The molecule has 0 fully saturated rings. The normalized spacial score (nSPS) is 13.2. The highest BCUT2D eigenvalue weighted by Crippen LogP contribution is 2.14. The highest BCUT2D eigenvalue weighted by molar-refractivity contribution is 4.53. The van der Waals surface area contributed by atoms with Gasteiger partial charge in [-0.3, -0.25) is 0 Å². The van der Waals surface area contributed by atoms with Crippen LogP contribution in [0.3, 0.4) is 0 Å². The Hall–Kier alpha value is -0.0400. The van der Waals surface area contributed by atoms with Crippen LogP contribution in [0.1, 0.15) is 59.3 Å². The van der Waals surface area contributed by atoms with Crippen molar-refractivity contribution in [2.24, 2.45) is 5.92 Å². The zero-order chi connectivity index (χ0) is 9.94. The number of ether oxygens (including phenoxy) is 1. The molecular formula is C12H26O. The fourth-order valence-electron chi connectivity index (χ4n) is 1.54. The molecule has 13 heavy (non-hydrogen) atoms. The van der Waals surface area contributed by atoms with Crippen LogP contribution < -0.4 is 0 Å². The zero-order valence-electron chi connectivity index (χ0n) is 9.64. The average molecular weight is 186 g/mol. The van der Waals surface area contributed by atoms with Crippen molar-refractivity contribution in [1.29, 1.82) is 0 Å². The molecular weight excluding hydrogens is 160 g/mol. The van der Waals surface area contributed by atoms with Crippen molar-refractivity contribution in [3.63, 3.8) is 0 Å². The minimum Gasteiger partial charge on any atom is -0.382 e. The molecule has 0 aliphatic rings. The van der Waals surface area contributed by atoms with Crippen LogP contribution in [-0.4, -0.2) is 13.2 Å². The Kier molecular flexibility index (Phi) is 10.0. The van der Waals surface area contributed by atoms with E-state index in [4.69, 9.17) is 4.74 Å². The van der Waals surface area contributed by atoms with Crippen LogP contribution in [-0.2, 0) is 4.74 Å². The lowest BCUT2D eigenvalue weighted by Crippen LogP contribution is -1.97. The minimum absolute atomic E-state index is 0.866. The van der Waals surface area contributed by atoms with Gasteiger partial charge in [-0.05, 0) is 19.3 Å². The fourth-order valence-corrected chi connectivity index (χ4v) is 1.54. The molecule has 0 saturated heterocycles. The van der Waals surface area contributed by atoms with Gasteiger partial charge in [0.25, 0.3) is 0 Å². The Morgan fingerprint density at radius 2 is 1.69 bits per heavy atom. The molecule has 80 valence electrons. The lowest BCUT2D eigenvalue weighted by molar-refractivity contribution is 0.142. The summed E-state index contributed by atoms with van der Waals surface area (Å²) in [5.41, 5.74) is 0. The Labute approximate surface area is 83.9 Å². The van der Waals surface area contributed by atoms with E-state index in [1.54, 1.807) is 0 Å². The van der Waals surface area contributed by atoms with Crippen LogP contribution in [0.15, 0.2) is 0 Å².